The van der Waals surface area contributed by atoms with Crippen LogP contribution in [0.25, 0.3) is 44.5 Å². The van der Waals surface area contributed by atoms with Gasteiger partial charge in [0.15, 0.2) is 0 Å². The highest BCUT2D eigenvalue weighted by atomic mass is 16.5. The summed E-state index contributed by atoms with van der Waals surface area (Å²) in [6.07, 6.45) is 0. The van der Waals surface area contributed by atoms with E-state index in [2.05, 4.69) is 314 Å². The number of fused-ring (bicyclic) bond motifs is 21. The molecule has 5 aliphatic rings. The first-order valence-corrected chi connectivity index (χ1v) is 29.1. The first-order valence-electron chi connectivity index (χ1n) is 29.1. The number of para-hydroxylation sites is 5. The van der Waals surface area contributed by atoms with Crippen LogP contribution in [0.1, 0.15) is 66.8 Å². The lowest BCUT2D eigenvalue weighted by molar-refractivity contribution is 0.436. The lowest BCUT2D eigenvalue weighted by Crippen LogP contribution is -2.32. The van der Waals surface area contributed by atoms with Crippen LogP contribution in [-0.2, 0) is 16.2 Å². The van der Waals surface area contributed by atoms with E-state index < -0.39 is 16.2 Å². The molecule has 3 heteroatoms. The Labute approximate surface area is 488 Å². The highest BCUT2D eigenvalue weighted by Crippen LogP contribution is 2.67. The lowest BCUT2D eigenvalue weighted by Gasteiger charge is -2.40. The second kappa shape index (κ2) is 17.6. The number of rotatable bonds is 6. The summed E-state index contributed by atoms with van der Waals surface area (Å²) in [7, 11) is 0. The fourth-order valence-corrected chi connectivity index (χ4v) is 16.0. The van der Waals surface area contributed by atoms with Gasteiger partial charge < -0.3 is 14.4 Å². The van der Waals surface area contributed by atoms with Gasteiger partial charge in [0, 0.05) is 39.1 Å². The molecule has 2 spiro atoms. The highest BCUT2D eigenvalue weighted by Gasteiger charge is 2.54. The summed E-state index contributed by atoms with van der Waals surface area (Å²) in [5.74, 6) is 3.47. The number of nitrogens with zero attached hydrogens (tertiary/aromatic N) is 1. The van der Waals surface area contributed by atoms with Crippen LogP contribution >= 0.6 is 0 Å². The molecule has 0 saturated carbocycles. The molecular formula is C81H51NO2. The Bertz CT molecular complexity index is 4750. The standard InChI is InChI=1S/C81H51NO2/c1-3-24-53(25-4-1)79(54-26-5-2-6-27-54)62-32-11-7-29-57(62)59-48-46-52(50-70(59)79)56-28-10-18-40-72(56)82(55-47-49-60-58-30-8-12-33-63(58)81(71(60)51-55)67-37-16-21-44-76(67)84-77-45-22-17-38-68(77)81)73-41-23-39-69-78(73)61-31-9-13-34-64(61)80(69)65-35-14-19-42-74(65)83-75-43-20-15-36-66(75)80/h1-51H. The predicted octanol–water partition coefficient (Wildman–Crippen LogP) is 20.1. The quantitative estimate of drug-likeness (QED) is 0.166. The van der Waals surface area contributed by atoms with Gasteiger partial charge >= 0.3 is 0 Å². The van der Waals surface area contributed by atoms with Gasteiger partial charge in [-0.05, 0) is 132 Å². The average molecular weight is 1070 g/mol. The van der Waals surface area contributed by atoms with Crippen LogP contribution in [0.2, 0.25) is 0 Å². The molecule has 0 bridgehead atoms. The van der Waals surface area contributed by atoms with E-state index in [0.29, 0.717) is 0 Å². The molecule has 84 heavy (non-hydrogen) atoms. The van der Waals surface area contributed by atoms with Crippen LogP contribution < -0.4 is 14.4 Å². The zero-order valence-corrected chi connectivity index (χ0v) is 45.7. The van der Waals surface area contributed by atoms with E-state index in [1.165, 1.54) is 77.9 Å². The Balaban J connectivity index is 0.939. The van der Waals surface area contributed by atoms with E-state index in [1.807, 2.05) is 0 Å². The summed E-state index contributed by atoms with van der Waals surface area (Å²) < 4.78 is 13.7. The monoisotopic (exact) mass is 1070 g/mol. The third kappa shape index (κ3) is 6.04. The maximum absolute atomic E-state index is 6.87. The van der Waals surface area contributed by atoms with Crippen LogP contribution in [0.4, 0.5) is 17.1 Å². The number of benzene rings is 13. The van der Waals surface area contributed by atoms with Crippen molar-refractivity contribution in [3.05, 3.63) is 376 Å². The van der Waals surface area contributed by atoms with Gasteiger partial charge in [0.05, 0.1) is 27.6 Å². The van der Waals surface area contributed by atoms with Gasteiger partial charge in [0.2, 0.25) is 0 Å². The minimum absolute atomic E-state index is 0.576. The van der Waals surface area contributed by atoms with Gasteiger partial charge in [0.25, 0.3) is 0 Å². The Morgan fingerprint density at radius 1 is 0.226 bits per heavy atom. The third-order valence-electron chi connectivity index (χ3n) is 19.1. The van der Waals surface area contributed by atoms with Gasteiger partial charge in [-0.15, -0.1) is 0 Å². The van der Waals surface area contributed by atoms with Crippen LogP contribution in [0, 0.1) is 0 Å². The number of ether oxygens (including phenoxy) is 2. The molecule has 13 aromatic carbocycles. The third-order valence-corrected chi connectivity index (χ3v) is 19.1. The summed E-state index contributed by atoms with van der Waals surface area (Å²) in [5, 5.41) is 0. The van der Waals surface area contributed by atoms with Gasteiger partial charge in [-0.2, -0.15) is 0 Å². The molecule has 0 N–H and O–H groups in total. The zero-order valence-electron chi connectivity index (χ0n) is 45.7. The Morgan fingerprint density at radius 3 is 1.14 bits per heavy atom. The normalized spacial score (nSPS) is 14.7. The van der Waals surface area contributed by atoms with Crippen molar-refractivity contribution in [2.24, 2.45) is 0 Å². The summed E-state index contributed by atoms with van der Waals surface area (Å²) in [4.78, 5) is 2.58. The van der Waals surface area contributed by atoms with E-state index in [-0.39, 0.29) is 0 Å². The molecule has 3 nitrogen and oxygen atoms in total. The van der Waals surface area contributed by atoms with Crippen molar-refractivity contribution in [3.8, 4) is 67.5 Å². The van der Waals surface area contributed by atoms with Crippen molar-refractivity contribution in [1.29, 1.82) is 0 Å². The van der Waals surface area contributed by atoms with E-state index >= 15 is 0 Å². The molecule has 392 valence electrons. The summed E-state index contributed by atoms with van der Waals surface area (Å²) in [6.45, 7) is 0. The molecule has 2 aliphatic heterocycles. The van der Waals surface area contributed by atoms with Crippen molar-refractivity contribution in [3.63, 3.8) is 0 Å². The van der Waals surface area contributed by atoms with E-state index in [4.69, 9.17) is 9.47 Å². The van der Waals surface area contributed by atoms with Crippen LogP contribution in [0.15, 0.2) is 309 Å². The van der Waals surface area contributed by atoms with E-state index in [9.17, 15) is 0 Å². The van der Waals surface area contributed by atoms with Crippen LogP contribution in [-0.4, -0.2) is 0 Å². The summed E-state index contributed by atoms with van der Waals surface area (Å²) in [6, 6.07) is 115. The van der Waals surface area contributed by atoms with Crippen molar-refractivity contribution < 1.29 is 9.47 Å². The van der Waals surface area contributed by atoms with Gasteiger partial charge in [-0.3, -0.25) is 0 Å². The van der Waals surface area contributed by atoms with Crippen molar-refractivity contribution >= 4 is 17.1 Å². The Hall–Kier alpha value is -10.7. The van der Waals surface area contributed by atoms with Crippen molar-refractivity contribution in [1.82, 2.24) is 0 Å². The Kier molecular flexibility index (Phi) is 9.86. The molecule has 0 fully saturated rings. The molecular weight excluding hydrogens is 1020 g/mol. The fraction of sp³-hybridized carbons (Fsp3) is 0.0370. The molecule has 0 saturated heterocycles. The van der Waals surface area contributed by atoms with Gasteiger partial charge in [0.1, 0.15) is 23.0 Å². The number of hydrogen-bond donors (Lipinski definition) is 0. The molecule has 0 aromatic heterocycles. The SMILES string of the molecule is c1ccc(C2(c3ccccc3)c3ccccc3-c3ccc(-c4ccccc4N(c4ccc5c(c4)C4(c6ccccc6Oc6ccccc64)c4ccccc4-5)c4cccc5c4-c4ccccc4C54c5ccccc5Oc5ccccc54)cc32)cc1. The largest absolute Gasteiger partial charge is 0.457 e. The number of anilines is 3. The van der Waals surface area contributed by atoms with Crippen molar-refractivity contribution in [2.75, 3.05) is 4.90 Å². The first kappa shape index (κ1) is 47.0. The zero-order chi connectivity index (χ0) is 55.1. The minimum atomic E-state index is -0.684. The first-order chi connectivity index (χ1) is 41.7. The van der Waals surface area contributed by atoms with Crippen molar-refractivity contribution in [2.45, 2.75) is 16.2 Å². The topological polar surface area (TPSA) is 21.7 Å². The summed E-state index contributed by atoms with van der Waals surface area (Å²) in [5.41, 5.74) is 25.3. The minimum Gasteiger partial charge on any atom is -0.457 e. The molecule has 3 aliphatic carbocycles. The molecule has 0 unspecified atom stereocenters. The maximum atomic E-state index is 6.87. The molecule has 18 rings (SSSR count). The van der Waals surface area contributed by atoms with Gasteiger partial charge in [-0.25, -0.2) is 0 Å². The summed E-state index contributed by atoms with van der Waals surface area (Å²) >= 11 is 0. The van der Waals surface area contributed by atoms with Crippen LogP contribution in [0.3, 0.4) is 0 Å². The van der Waals surface area contributed by atoms with E-state index in [0.717, 1.165) is 73.4 Å². The lowest BCUT2D eigenvalue weighted by atomic mass is 9.66. The smallest absolute Gasteiger partial charge is 0.132 e. The van der Waals surface area contributed by atoms with Crippen LogP contribution in [0.5, 0.6) is 23.0 Å². The highest BCUT2D eigenvalue weighted by molar-refractivity contribution is 6.02. The fourth-order valence-electron chi connectivity index (χ4n) is 16.0. The number of hydrogen-bond acceptors (Lipinski definition) is 3. The Morgan fingerprint density at radius 2 is 0.595 bits per heavy atom. The second-order valence-corrected chi connectivity index (χ2v) is 22.9. The predicted molar refractivity (Wildman–Crippen MR) is 339 cm³/mol. The molecule has 0 atom stereocenters. The average Bonchev–Trinajstić information content (AvgIpc) is 1.70. The molecule has 2 heterocycles. The second-order valence-electron chi connectivity index (χ2n) is 22.9. The van der Waals surface area contributed by atoms with Gasteiger partial charge in [-0.1, -0.05) is 255 Å². The maximum Gasteiger partial charge on any atom is 0.132 e. The molecule has 0 amide bonds. The molecule has 13 aromatic rings. The molecule has 0 radical (unpaired) electrons. The van der Waals surface area contributed by atoms with E-state index in [1.54, 1.807) is 0 Å².